The standard InChI is InChI=1S/C25H23BrN4O4S.2C2H6O/c1-5-33-25(31)22-20(12-35-24-16(10-27)13(2)8-14(3)30-24)34-23(29)17(11-28)21(22)15-6-7-19(32-4)18(26)9-15;2*1-2-3/h6-9,21H,5,12,29H2,1-4H3;2*3H,2H2,1H3. The zero-order chi connectivity index (χ0) is 31.1. The zero-order valence-electron chi connectivity index (χ0n) is 23.9. The van der Waals surface area contributed by atoms with Gasteiger partial charge < -0.3 is 30.2 Å². The lowest BCUT2D eigenvalue weighted by Gasteiger charge is -2.28. The molecule has 0 fully saturated rings. The number of hydrogen-bond acceptors (Lipinski definition) is 11. The maximum absolute atomic E-state index is 13.2. The molecule has 1 aromatic heterocycles. The Balaban J connectivity index is 0.00000129. The molecule has 0 amide bonds. The van der Waals surface area contributed by atoms with Gasteiger partial charge in [-0.3, -0.25) is 0 Å². The third-order valence-corrected chi connectivity index (χ3v) is 6.86. The number of pyridine rings is 1. The van der Waals surface area contributed by atoms with E-state index in [9.17, 15) is 15.3 Å². The number of nitrogens with two attached hydrogens (primary N) is 1. The average Bonchev–Trinajstić information content (AvgIpc) is 2.92. The zero-order valence-corrected chi connectivity index (χ0v) is 26.4. The number of aryl methyl sites for hydroxylation is 2. The molecule has 0 radical (unpaired) electrons. The van der Waals surface area contributed by atoms with Crippen LogP contribution in [-0.2, 0) is 14.3 Å². The molecular weight excluding hydrogens is 612 g/mol. The van der Waals surface area contributed by atoms with Crippen LogP contribution in [0.5, 0.6) is 5.75 Å². The number of nitriles is 2. The topological polar surface area (TPSA) is 172 Å². The first-order valence-electron chi connectivity index (χ1n) is 12.6. The molecule has 2 heterocycles. The van der Waals surface area contributed by atoms with E-state index < -0.39 is 11.9 Å². The molecule has 1 aliphatic rings. The van der Waals surface area contributed by atoms with Crippen molar-refractivity contribution in [3.8, 4) is 17.9 Å². The summed E-state index contributed by atoms with van der Waals surface area (Å²) in [5, 5.41) is 35.1. The minimum atomic E-state index is -0.812. The molecule has 1 aromatic carbocycles. The highest BCUT2D eigenvalue weighted by Gasteiger charge is 2.38. The molecule has 10 nitrogen and oxygen atoms in total. The Bertz CT molecular complexity index is 1360. The highest BCUT2D eigenvalue weighted by molar-refractivity contribution is 9.10. The maximum atomic E-state index is 13.2. The monoisotopic (exact) mass is 646 g/mol. The predicted octanol–water partition coefficient (Wildman–Crippen LogP) is 4.76. The van der Waals surface area contributed by atoms with E-state index in [1.165, 1.54) is 11.8 Å². The smallest absolute Gasteiger partial charge is 0.338 e. The van der Waals surface area contributed by atoms with Gasteiger partial charge in [0.05, 0.1) is 41.0 Å². The lowest BCUT2D eigenvalue weighted by Crippen LogP contribution is -2.27. The van der Waals surface area contributed by atoms with Crippen LogP contribution < -0.4 is 10.5 Å². The SMILES string of the molecule is CCO.CCO.CCOC(=O)C1=C(CSc2nc(C)cc(C)c2C#N)OC(N)=C(C#N)C1c1ccc(OC)c(Br)c1. The van der Waals surface area contributed by atoms with Crippen LogP contribution in [0.25, 0.3) is 0 Å². The molecule has 0 bridgehead atoms. The third kappa shape index (κ3) is 9.51. The molecule has 1 atom stereocenters. The number of carbonyl (C=O) groups excluding carboxylic acids is 1. The second-order valence-corrected chi connectivity index (χ2v) is 9.99. The van der Waals surface area contributed by atoms with E-state index in [4.69, 9.17) is 30.2 Å². The van der Waals surface area contributed by atoms with Crippen molar-refractivity contribution < 1.29 is 29.2 Å². The number of ether oxygens (including phenoxy) is 3. The lowest BCUT2D eigenvalue weighted by atomic mass is 9.83. The number of methoxy groups -OCH3 is 1. The summed E-state index contributed by atoms with van der Waals surface area (Å²) in [6, 6.07) is 11.4. The molecule has 220 valence electrons. The predicted molar refractivity (Wildman–Crippen MR) is 160 cm³/mol. The fourth-order valence-electron chi connectivity index (χ4n) is 3.73. The summed E-state index contributed by atoms with van der Waals surface area (Å²) in [5.41, 5.74) is 9.07. The first kappa shape index (κ1) is 35.5. The number of hydrogen-bond donors (Lipinski definition) is 3. The van der Waals surface area contributed by atoms with E-state index in [1.807, 2.05) is 19.9 Å². The van der Waals surface area contributed by atoms with Crippen molar-refractivity contribution in [1.82, 2.24) is 4.98 Å². The van der Waals surface area contributed by atoms with Gasteiger partial charge in [0.15, 0.2) is 0 Å². The number of aliphatic hydroxyl groups is 2. The number of halogens is 1. The number of rotatable bonds is 7. The number of nitrogens with zero attached hydrogens (tertiary/aromatic N) is 3. The summed E-state index contributed by atoms with van der Waals surface area (Å²) >= 11 is 4.71. The van der Waals surface area contributed by atoms with Gasteiger partial charge in [-0.25, -0.2) is 9.78 Å². The van der Waals surface area contributed by atoms with Crippen LogP contribution in [0.2, 0.25) is 0 Å². The molecule has 0 saturated carbocycles. The third-order valence-electron chi connectivity index (χ3n) is 5.26. The Labute approximate surface area is 253 Å². The second kappa shape index (κ2) is 18.0. The molecule has 0 spiro atoms. The molecule has 1 aliphatic heterocycles. The number of aliphatic hydroxyl groups excluding tert-OH is 2. The van der Waals surface area contributed by atoms with Crippen molar-refractivity contribution in [2.45, 2.75) is 45.6 Å². The van der Waals surface area contributed by atoms with Crippen molar-refractivity contribution in [3.05, 3.63) is 73.9 Å². The Morgan fingerprint density at radius 3 is 2.32 bits per heavy atom. The van der Waals surface area contributed by atoms with Crippen LogP contribution >= 0.6 is 27.7 Å². The molecule has 12 heteroatoms. The number of aromatic nitrogens is 1. The van der Waals surface area contributed by atoms with Crippen molar-refractivity contribution in [2.24, 2.45) is 5.73 Å². The lowest BCUT2D eigenvalue weighted by molar-refractivity contribution is -0.139. The van der Waals surface area contributed by atoms with Gasteiger partial charge in [0.2, 0.25) is 5.88 Å². The largest absolute Gasteiger partial charge is 0.496 e. The quantitative estimate of drug-likeness (QED) is 0.280. The van der Waals surface area contributed by atoms with Gasteiger partial charge in [-0.1, -0.05) is 17.8 Å². The number of carbonyl (C=O) groups is 1. The fourth-order valence-corrected chi connectivity index (χ4v) is 5.33. The molecule has 41 heavy (non-hydrogen) atoms. The minimum absolute atomic E-state index is 0.0954. The van der Waals surface area contributed by atoms with E-state index in [2.05, 4.69) is 33.1 Å². The van der Waals surface area contributed by atoms with E-state index in [0.29, 0.717) is 26.4 Å². The van der Waals surface area contributed by atoms with Gasteiger partial charge in [-0.05, 0) is 79.9 Å². The van der Waals surface area contributed by atoms with Crippen molar-refractivity contribution in [2.75, 3.05) is 32.7 Å². The Morgan fingerprint density at radius 1 is 1.17 bits per heavy atom. The molecule has 4 N–H and O–H groups in total. The number of thioether (sulfide) groups is 1. The van der Waals surface area contributed by atoms with Crippen LogP contribution in [0.3, 0.4) is 0 Å². The average molecular weight is 648 g/mol. The summed E-state index contributed by atoms with van der Waals surface area (Å²) in [7, 11) is 1.54. The van der Waals surface area contributed by atoms with Gasteiger partial charge in [0.25, 0.3) is 0 Å². The normalized spacial score (nSPS) is 13.9. The molecule has 2 aromatic rings. The van der Waals surface area contributed by atoms with Gasteiger partial charge in [-0.15, -0.1) is 0 Å². The van der Waals surface area contributed by atoms with Crippen LogP contribution in [0.15, 0.2) is 56.6 Å². The van der Waals surface area contributed by atoms with Gasteiger partial charge >= 0.3 is 5.97 Å². The Hall–Kier alpha value is -3.55. The van der Waals surface area contributed by atoms with E-state index in [1.54, 1.807) is 46.1 Å². The van der Waals surface area contributed by atoms with Crippen LogP contribution in [0, 0.1) is 36.5 Å². The highest BCUT2D eigenvalue weighted by atomic mass is 79.9. The van der Waals surface area contributed by atoms with E-state index in [-0.39, 0.29) is 48.4 Å². The van der Waals surface area contributed by atoms with Crippen molar-refractivity contribution in [3.63, 3.8) is 0 Å². The van der Waals surface area contributed by atoms with Crippen LogP contribution in [0.4, 0.5) is 0 Å². The first-order valence-corrected chi connectivity index (χ1v) is 14.4. The summed E-state index contributed by atoms with van der Waals surface area (Å²) in [6.45, 7) is 9.38. The molecule has 3 rings (SSSR count). The number of esters is 1. The van der Waals surface area contributed by atoms with Gasteiger partial charge in [-0.2, -0.15) is 10.5 Å². The van der Waals surface area contributed by atoms with Crippen LogP contribution in [0.1, 0.15) is 49.1 Å². The summed E-state index contributed by atoms with van der Waals surface area (Å²) in [6.07, 6.45) is 0. The molecule has 0 aliphatic carbocycles. The van der Waals surface area contributed by atoms with Gasteiger partial charge in [0.1, 0.15) is 34.2 Å². The molecule has 0 saturated heterocycles. The van der Waals surface area contributed by atoms with Crippen molar-refractivity contribution >= 4 is 33.7 Å². The van der Waals surface area contributed by atoms with Crippen LogP contribution in [-0.4, -0.2) is 53.8 Å². The summed E-state index contributed by atoms with van der Waals surface area (Å²) < 4.78 is 17.1. The summed E-state index contributed by atoms with van der Waals surface area (Å²) in [5.74, 6) is -0.541. The summed E-state index contributed by atoms with van der Waals surface area (Å²) in [4.78, 5) is 17.6. The van der Waals surface area contributed by atoms with Gasteiger partial charge in [0, 0.05) is 18.9 Å². The fraction of sp³-hybridized carbons (Fsp3) is 0.379. The highest BCUT2D eigenvalue weighted by Crippen LogP contribution is 2.43. The van der Waals surface area contributed by atoms with Crippen molar-refractivity contribution in [1.29, 1.82) is 10.5 Å². The first-order chi connectivity index (χ1) is 19.6. The Morgan fingerprint density at radius 2 is 1.80 bits per heavy atom. The maximum Gasteiger partial charge on any atom is 0.338 e. The van der Waals surface area contributed by atoms with E-state index >= 15 is 0 Å². The number of benzene rings is 1. The minimum Gasteiger partial charge on any atom is -0.496 e. The van der Waals surface area contributed by atoms with E-state index in [0.717, 1.165) is 11.3 Å². The second-order valence-electron chi connectivity index (χ2n) is 8.17. The number of allylic oxidation sites excluding steroid dienone is 1. The molecule has 1 unspecified atom stereocenters. The molecular formula is C29H35BrN4O6S. The Kier molecular flexibility index (Phi) is 15.6.